The minimum atomic E-state index is -0.505. The van der Waals surface area contributed by atoms with Crippen molar-refractivity contribution in [1.29, 1.82) is 0 Å². The average Bonchev–Trinajstić information content (AvgIpc) is 3.64. The second kappa shape index (κ2) is 10.4. The third-order valence-electron chi connectivity index (χ3n) is 8.20. The summed E-state index contributed by atoms with van der Waals surface area (Å²) in [6.07, 6.45) is 0. The lowest BCUT2D eigenvalue weighted by molar-refractivity contribution is -0.141. The van der Waals surface area contributed by atoms with E-state index in [1.54, 1.807) is 12.1 Å². The second-order valence-electron chi connectivity index (χ2n) is 10.5. The second-order valence-corrected chi connectivity index (χ2v) is 10.5. The zero-order chi connectivity index (χ0) is 28.8. The molecule has 3 aliphatic rings. The van der Waals surface area contributed by atoms with E-state index in [0.717, 1.165) is 28.1 Å². The summed E-state index contributed by atoms with van der Waals surface area (Å²) in [7, 11) is 2.96. The van der Waals surface area contributed by atoms with Crippen molar-refractivity contribution in [3.05, 3.63) is 95.6 Å². The molecule has 0 aromatic heterocycles. The van der Waals surface area contributed by atoms with Crippen LogP contribution in [0.1, 0.15) is 28.7 Å². The lowest BCUT2D eigenvalue weighted by Gasteiger charge is -2.40. The van der Waals surface area contributed by atoms with Gasteiger partial charge in [-0.2, -0.15) is 0 Å². The van der Waals surface area contributed by atoms with E-state index >= 15 is 0 Å². The van der Waals surface area contributed by atoms with E-state index < -0.39 is 11.8 Å². The Morgan fingerprint density at radius 1 is 0.810 bits per heavy atom. The number of anilines is 1. The molecule has 4 aromatic carbocycles. The van der Waals surface area contributed by atoms with Gasteiger partial charge in [0.1, 0.15) is 11.5 Å². The number of rotatable bonds is 7. The number of para-hydroxylation sites is 1. The number of phenols is 1. The van der Waals surface area contributed by atoms with Crippen molar-refractivity contribution in [2.75, 3.05) is 32.9 Å². The molecule has 4 aromatic rings. The summed E-state index contributed by atoms with van der Waals surface area (Å²) < 4.78 is 34.1. The molecule has 1 aliphatic carbocycles. The number of ether oxygens (including phenoxy) is 6. The third kappa shape index (κ3) is 4.38. The van der Waals surface area contributed by atoms with Crippen LogP contribution >= 0.6 is 0 Å². The molecule has 1 fully saturated rings. The van der Waals surface area contributed by atoms with Crippen LogP contribution in [0.15, 0.2) is 78.9 Å². The predicted octanol–water partition coefficient (Wildman–Crippen LogP) is 6.02. The van der Waals surface area contributed by atoms with Crippen molar-refractivity contribution in [2.24, 2.45) is 11.8 Å². The van der Waals surface area contributed by atoms with Gasteiger partial charge in [0.15, 0.2) is 23.0 Å². The number of nitrogens with one attached hydrogen (secondary N) is 1. The SMILES string of the molecule is COc1cc([C@H]2c3cc4c(cc3[C@@H](Nc3ccc(Oc5ccccc5)cc3)C3COC(=O)[C@@H]32)OCO4)cc(OC)c1O. The molecule has 214 valence electrons. The van der Waals surface area contributed by atoms with Gasteiger partial charge in [-0.25, -0.2) is 0 Å². The number of hydrogen-bond donors (Lipinski definition) is 2. The standard InChI is InChI=1S/C33H29NO8/c1-37-27-12-18(13-28(38-2)32(27)35)29-22-14-25-26(41-17-40-25)15-23(22)31(24-16-39-33(36)30(24)29)34-19-8-10-21(11-9-19)42-20-6-4-3-5-7-20/h3-15,24,29-31,34-35H,16-17H2,1-2H3/t24?,29-,30-,31+/m0/s1. The molecule has 2 aliphatic heterocycles. The lowest BCUT2D eigenvalue weighted by atomic mass is 9.65. The van der Waals surface area contributed by atoms with Crippen molar-refractivity contribution in [1.82, 2.24) is 0 Å². The van der Waals surface area contributed by atoms with Crippen LogP contribution in [-0.2, 0) is 9.53 Å². The molecular formula is C33H29NO8. The van der Waals surface area contributed by atoms with Crippen molar-refractivity contribution >= 4 is 11.7 Å². The largest absolute Gasteiger partial charge is 0.502 e. The molecule has 7 rings (SSSR count). The first-order chi connectivity index (χ1) is 20.5. The Kier molecular flexibility index (Phi) is 6.42. The monoisotopic (exact) mass is 567 g/mol. The number of aromatic hydroxyl groups is 1. The number of carbonyl (C=O) groups is 1. The Hall–Kier alpha value is -5.05. The topological polar surface area (TPSA) is 105 Å². The molecule has 0 amide bonds. The molecule has 42 heavy (non-hydrogen) atoms. The minimum Gasteiger partial charge on any atom is -0.502 e. The van der Waals surface area contributed by atoms with Crippen LogP contribution in [0, 0.1) is 11.8 Å². The molecule has 4 atom stereocenters. The number of benzene rings is 4. The summed E-state index contributed by atoms with van der Waals surface area (Å²) in [6, 6.07) is 24.5. The minimum absolute atomic E-state index is 0.102. The van der Waals surface area contributed by atoms with E-state index in [1.165, 1.54) is 14.2 Å². The summed E-state index contributed by atoms with van der Waals surface area (Å²) in [5.41, 5.74) is 3.50. The molecule has 0 saturated carbocycles. The van der Waals surface area contributed by atoms with E-state index in [9.17, 15) is 9.90 Å². The number of esters is 1. The number of methoxy groups -OCH3 is 2. The molecule has 0 radical (unpaired) electrons. The third-order valence-corrected chi connectivity index (χ3v) is 8.20. The van der Waals surface area contributed by atoms with Gasteiger partial charge in [-0.05, 0) is 77.4 Å². The van der Waals surface area contributed by atoms with E-state index in [0.29, 0.717) is 17.2 Å². The Labute approximate surface area is 242 Å². The molecule has 9 nitrogen and oxygen atoms in total. The van der Waals surface area contributed by atoms with Gasteiger partial charge in [-0.3, -0.25) is 4.79 Å². The van der Waals surface area contributed by atoms with Crippen LogP contribution in [0.5, 0.6) is 40.2 Å². The normalized spacial score (nSPS) is 21.6. The van der Waals surface area contributed by atoms with Gasteiger partial charge in [-0.1, -0.05) is 18.2 Å². The van der Waals surface area contributed by atoms with Gasteiger partial charge in [0, 0.05) is 17.5 Å². The molecule has 1 unspecified atom stereocenters. The van der Waals surface area contributed by atoms with E-state index in [4.69, 9.17) is 28.4 Å². The van der Waals surface area contributed by atoms with E-state index in [-0.39, 0.29) is 48.6 Å². The van der Waals surface area contributed by atoms with Crippen LogP contribution in [0.25, 0.3) is 0 Å². The number of carbonyl (C=O) groups excluding carboxylic acids is 1. The molecule has 0 spiro atoms. The van der Waals surface area contributed by atoms with Gasteiger partial charge in [-0.15, -0.1) is 0 Å². The maximum absolute atomic E-state index is 13.4. The summed E-state index contributed by atoms with van der Waals surface area (Å²) >= 11 is 0. The average molecular weight is 568 g/mol. The fourth-order valence-electron chi connectivity index (χ4n) is 6.26. The van der Waals surface area contributed by atoms with Gasteiger partial charge in [0.25, 0.3) is 0 Å². The van der Waals surface area contributed by atoms with Gasteiger partial charge in [0.2, 0.25) is 12.5 Å². The molecule has 1 saturated heterocycles. The van der Waals surface area contributed by atoms with Crippen molar-refractivity contribution in [3.63, 3.8) is 0 Å². The summed E-state index contributed by atoms with van der Waals surface area (Å²) in [5, 5.41) is 14.2. The van der Waals surface area contributed by atoms with Crippen LogP contribution in [0.3, 0.4) is 0 Å². The fourth-order valence-corrected chi connectivity index (χ4v) is 6.26. The van der Waals surface area contributed by atoms with Crippen LogP contribution < -0.4 is 29.0 Å². The van der Waals surface area contributed by atoms with Crippen LogP contribution in [0.2, 0.25) is 0 Å². The highest BCUT2D eigenvalue weighted by molar-refractivity contribution is 5.79. The molecule has 9 heteroatoms. The quantitative estimate of drug-likeness (QED) is 0.260. The highest BCUT2D eigenvalue weighted by Crippen LogP contribution is 2.56. The zero-order valence-electron chi connectivity index (χ0n) is 23.0. The van der Waals surface area contributed by atoms with Crippen LogP contribution in [0.4, 0.5) is 5.69 Å². The lowest BCUT2D eigenvalue weighted by Crippen LogP contribution is -2.37. The summed E-state index contributed by atoms with van der Waals surface area (Å²) in [4.78, 5) is 13.4. The number of cyclic esters (lactones) is 1. The Morgan fingerprint density at radius 2 is 1.45 bits per heavy atom. The predicted molar refractivity (Wildman–Crippen MR) is 153 cm³/mol. The van der Waals surface area contributed by atoms with Crippen LogP contribution in [-0.4, -0.2) is 38.7 Å². The van der Waals surface area contributed by atoms with Crippen molar-refractivity contribution < 1.29 is 38.3 Å². The number of fused-ring (bicyclic) bond motifs is 3. The van der Waals surface area contributed by atoms with Crippen molar-refractivity contribution in [2.45, 2.75) is 12.0 Å². The summed E-state index contributed by atoms with van der Waals surface area (Å²) in [5.74, 6) is 1.76. The number of hydrogen-bond acceptors (Lipinski definition) is 9. The molecular weight excluding hydrogens is 538 g/mol. The maximum Gasteiger partial charge on any atom is 0.310 e. The van der Waals surface area contributed by atoms with Gasteiger partial charge in [0.05, 0.1) is 32.8 Å². The first-order valence-electron chi connectivity index (χ1n) is 13.7. The van der Waals surface area contributed by atoms with Crippen molar-refractivity contribution in [3.8, 4) is 40.2 Å². The van der Waals surface area contributed by atoms with E-state index in [1.807, 2.05) is 66.7 Å². The highest BCUT2D eigenvalue weighted by atomic mass is 16.7. The summed E-state index contributed by atoms with van der Waals surface area (Å²) in [6.45, 7) is 0.382. The molecule has 2 N–H and O–H groups in total. The molecule has 0 bridgehead atoms. The number of phenolic OH excluding ortho intramolecular Hbond substituents is 1. The first-order valence-corrected chi connectivity index (χ1v) is 13.7. The smallest absolute Gasteiger partial charge is 0.310 e. The maximum atomic E-state index is 13.4. The fraction of sp³-hybridized carbons (Fsp3) is 0.242. The van der Waals surface area contributed by atoms with Gasteiger partial charge < -0.3 is 38.8 Å². The Balaban J connectivity index is 1.30. The van der Waals surface area contributed by atoms with E-state index in [2.05, 4.69) is 5.32 Å². The Morgan fingerprint density at radius 3 is 2.12 bits per heavy atom. The van der Waals surface area contributed by atoms with Gasteiger partial charge >= 0.3 is 5.97 Å². The molecule has 2 heterocycles. The first kappa shape index (κ1) is 25.9. The Bertz CT molecular complexity index is 1610. The highest BCUT2D eigenvalue weighted by Gasteiger charge is 2.52. The zero-order valence-corrected chi connectivity index (χ0v) is 23.0.